The molecule has 5 aromatic rings. The molecule has 35 heavy (non-hydrogen) atoms. The van der Waals surface area contributed by atoms with E-state index in [0.29, 0.717) is 24.2 Å². The van der Waals surface area contributed by atoms with Crippen LogP contribution in [-0.2, 0) is 9.47 Å². The molecule has 0 unspecified atom stereocenters. The number of halogens is 1. The Hall–Kier alpha value is -3.32. The zero-order chi connectivity index (χ0) is 23.8. The van der Waals surface area contributed by atoms with Gasteiger partial charge >= 0.3 is 0 Å². The molecule has 1 aliphatic carbocycles. The molecule has 0 aliphatic heterocycles. The van der Waals surface area contributed by atoms with Gasteiger partial charge in [-0.3, -0.25) is 9.38 Å². The fourth-order valence-corrected chi connectivity index (χ4v) is 5.02. The van der Waals surface area contributed by atoms with Gasteiger partial charge in [-0.05, 0) is 31.0 Å². The van der Waals surface area contributed by atoms with Crippen molar-refractivity contribution in [3.05, 3.63) is 83.9 Å². The van der Waals surface area contributed by atoms with Gasteiger partial charge in [0, 0.05) is 41.9 Å². The second-order valence-electron chi connectivity index (χ2n) is 8.89. The molecule has 176 valence electrons. The van der Waals surface area contributed by atoms with E-state index in [9.17, 15) is 0 Å². The van der Waals surface area contributed by atoms with Crippen LogP contribution in [0.5, 0.6) is 0 Å². The summed E-state index contributed by atoms with van der Waals surface area (Å²) < 4.78 is 13.1. The van der Waals surface area contributed by atoms with Crippen molar-refractivity contribution in [2.45, 2.75) is 24.9 Å². The number of imidazole rings is 1. The maximum atomic E-state index is 6.80. The highest BCUT2D eigenvalue weighted by molar-refractivity contribution is 6.34. The summed E-state index contributed by atoms with van der Waals surface area (Å²) in [6.07, 6.45) is 7.74. The second kappa shape index (κ2) is 9.38. The standard InChI is InChI=1S/C28H25ClN4O2/c1-34-11-12-35-21-13-20(14-21)27-26-17-30-9-10-33(26)28(32-27)22-16-25-19(15-23(22)29)7-8-24(31-25)18-5-3-2-4-6-18/h2-10,15-17,20-21H,11-14H2,1H3. The van der Waals surface area contributed by atoms with Crippen molar-refractivity contribution in [1.29, 1.82) is 0 Å². The van der Waals surface area contributed by atoms with Gasteiger partial charge in [-0.2, -0.15) is 0 Å². The molecule has 0 radical (unpaired) electrons. The lowest BCUT2D eigenvalue weighted by Gasteiger charge is -2.34. The van der Waals surface area contributed by atoms with Crippen LogP contribution in [0.2, 0.25) is 5.02 Å². The van der Waals surface area contributed by atoms with E-state index in [-0.39, 0.29) is 6.10 Å². The molecule has 7 heteroatoms. The molecule has 1 aliphatic rings. The third kappa shape index (κ3) is 4.18. The van der Waals surface area contributed by atoms with Crippen LogP contribution in [-0.4, -0.2) is 45.8 Å². The predicted molar refractivity (Wildman–Crippen MR) is 138 cm³/mol. The molecule has 0 atom stereocenters. The molecule has 3 heterocycles. The molecule has 0 spiro atoms. The molecule has 0 bridgehead atoms. The summed E-state index contributed by atoms with van der Waals surface area (Å²) in [7, 11) is 1.69. The number of benzene rings is 2. The fourth-order valence-electron chi connectivity index (χ4n) is 4.76. The largest absolute Gasteiger partial charge is 0.382 e. The van der Waals surface area contributed by atoms with Crippen LogP contribution in [0, 0.1) is 0 Å². The first-order valence-electron chi connectivity index (χ1n) is 11.8. The summed E-state index contributed by atoms with van der Waals surface area (Å²) in [6.45, 7) is 1.23. The van der Waals surface area contributed by atoms with Crippen molar-refractivity contribution in [3.63, 3.8) is 0 Å². The molecule has 6 rings (SSSR count). The lowest BCUT2D eigenvalue weighted by molar-refractivity contribution is -0.0311. The van der Waals surface area contributed by atoms with E-state index in [1.807, 2.05) is 48.8 Å². The number of methoxy groups -OCH3 is 1. The Kier molecular flexibility index (Phi) is 5.94. The zero-order valence-corrected chi connectivity index (χ0v) is 20.2. The first-order chi connectivity index (χ1) is 17.2. The average Bonchev–Trinajstić information content (AvgIpc) is 3.24. The van der Waals surface area contributed by atoms with Gasteiger partial charge in [0.2, 0.25) is 0 Å². The highest BCUT2D eigenvalue weighted by Gasteiger charge is 2.34. The van der Waals surface area contributed by atoms with Gasteiger partial charge in [-0.15, -0.1) is 0 Å². The smallest absolute Gasteiger partial charge is 0.146 e. The molecule has 1 saturated carbocycles. The molecule has 0 saturated heterocycles. The number of nitrogens with zero attached hydrogens (tertiary/aromatic N) is 4. The lowest BCUT2D eigenvalue weighted by Crippen LogP contribution is -2.31. The maximum Gasteiger partial charge on any atom is 0.146 e. The normalized spacial score (nSPS) is 17.7. The van der Waals surface area contributed by atoms with Crippen LogP contribution >= 0.6 is 11.6 Å². The van der Waals surface area contributed by atoms with Crippen molar-refractivity contribution in [2.75, 3.05) is 20.3 Å². The number of aromatic nitrogens is 4. The SMILES string of the molecule is COCCOC1CC(c2nc(-c3cc4nc(-c5ccccc5)ccc4cc3Cl)n3ccncc23)C1. The third-order valence-electron chi connectivity index (χ3n) is 6.69. The van der Waals surface area contributed by atoms with E-state index in [1.54, 1.807) is 13.3 Å². The quantitative estimate of drug-likeness (QED) is 0.258. The molecule has 0 amide bonds. The average molecular weight is 485 g/mol. The van der Waals surface area contributed by atoms with Crippen LogP contribution in [0.25, 0.3) is 39.1 Å². The Bertz CT molecular complexity index is 1500. The highest BCUT2D eigenvalue weighted by atomic mass is 35.5. The predicted octanol–water partition coefficient (Wildman–Crippen LogP) is 6.17. The van der Waals surface area contributed by atoms with Gasteiger partial charge in [0.1, 0.15) is 5.82 Å². The van der Waals surface area contributed by atoms with Crippen LogP contribution in [0.1, 0.15) is 24.5 Å². The monoisotopic (exact) mass is 484 g/mol. The highest BCUT2D eigenvalue weighted by Crippen LogP contribution is 2.42. The Morgan fingerprint density at radius 2 is 1.89 bits per heavy atom. The van der Waals surface area contributed by atoms with Gasteiger partial charge in [0.25, 0.3) is 0 Å². The fraction of sp³-hybridized carbons (Fsp3) is 0.250. The van der Waals surface area contributed by atoms with Crippen LogP contribution in [0.4, 0.5) is 0 Å². The van der Waals surface area contributed by atoms with E-state index >= 15 is 0 Å². The van der Waals surface area contributed by atoms with E-state index in [1.165, 1.54) is 0 Å². The minimum absolute atomic E-state index is 0.247. The first-order valence-corrected chi connectivity index (χ1v) is 12.2. The number of rotatable bonds is 7. The number of fused-ring (bicyclic) bond motifs is 2. The summed E-state index contributed by atoms with van der Waals surface area (Å²) in [5, 5.41) is 1.65. The Morgan fingerprint density at radius 1 is 1.03 bits per heavy atom. The summed E-state index contributed by atoms with van der Waals surface area (Å²) in [5.41, 5.74) is 5.80. The zero-order valence-electron chi connectivity index (χ0n) is 19.4. The Morgan fingerprint density at radius 3 is 2.71 bits per heavy atom. The molecular formula is C28H25ClN4O2. The molecule has 6 nitrogen and oxygen atoms in total. The van der Waals surface area contributed by atoms with E-state index < -0.39 is 0 Å². The van der Waals surface area contributed by atoms with Crippen LogP contribution < -0.4 is 0 Å². The molecule has 1 fully saturated rings. The minimum Gasteiger partial charge on any atom is -0.382 e. The van der Waals surface area contributed by atoms with Crippen LogP contribution in [0.15, 0.2) is 73.2 Å². The lowest BCUT2D eigenvalue weighted by atomic mass is 9.79. The van der Waals surface area contributed by atoms with Gasteiger partial charge < -0.3 is 9.47 Å². The van der Waals surface area contributed by atoms with E-state index in [0.717, 1.165) is 57.6 Å². The maximum absolute atomic E-state index is 6.80. The molecule has 2 aromatic carbocycles. The summed E-state index contributed by atoms with van der Waals surface area (Å²) in [4.78, 5) is 14.4. The van der Waals surface area contributed by atoms with Gasteiger partial charge in [0.05, 0.1) is 53.0 Å². The Labute approximate surface area is 208 Å². The van der Waals surface area contributed by atoms with Gasteiger partial charge in [-0.25, -0.2) is 9.97 Å². The van der Waals surface area contributed by atoms with Crippen molar-refractivity contribution < 1.29 is 9.47 Å². The number of pyridine rings is 1. The van der Waals surface area contributed by atoms with Crippen molar-refractivity contribution in [3.8, 4) is 22.6 Å². The summed E-state index contributed by atoms with van der Waals surface area (Å²) in [6, 6.07) is 18.3. The molecular weight excluding hydrogens is 460 g/mol. The second-order valence-corrected chi connectivity index (χ2v) is 9.30. The van der Waals surface area contributed by atoms with Crippen LogP contribution in [0.3, 0.4) is 0 Å². The number of hydrogen-bond donors (Lipinski definition) is 0. The summed E-state index contributed by atoms with van der Waals surface area (Å²) >= 11 is 6.80. The van der Waals surface area contributed by atoms with Gasteiger partial charge in [0.15, 0.2) is 0 Å². The van der Waals surface area contributed by atoms with E-state index in [4.69, 9.17) is 31.0 Å². The topological polar surface area (TPSA) is 61.5 Å². The summed E-state index contributed by atoms with van der Waals surface area (Å²) in [5.74, 6) is 1.14. The molecule has 0 N–H and O–H groups in total. The van der Waals surface area contributed by atoms with Gasteiger partial charge in [-0.1, -0.05) is 48.0 Å². The van der Waals surface area contributed by atoms with Crippen molar-refractivity contribution >= 4 is 28.0 Å². The molecule has 3 aromatic heterocycles. The minimum atomic E-state index is 0.247. The number of ether oxygens (including phenoxy) is 2. The Balaban J connectivity index is 1.38. The van der Waals surface area contributed by atoms with E-state index in [2.05, 4.69) is 27.6 Å². The van der Waals surface area contributed by atoms with Crippen molar-refractivity contribution in [1.82, 2.24) is 19.4 Å². The third-order valence-corrected chi connectivity index (χ3v) is 7.00. The first kappa shape index (κ1) is 22.2. The van der Waals surface area contributed by atoms with Crippen molar-refractivity contribution in [2.24, 2.45) is 0 Å². The number of hydrogen-bond acceptors (Lipinski definition) is 5.